The number of nitrogens with zero attached hydrogens (tertiary/aromatic N) is 1. The number of nitro benzene ring substituents is 1. The van der Waals surface area contributed by atoms with Gasteiger partial charge in [-0.2, -0.15) is 0 Å². The molecule has 1 amide bonds. The molecule has 0 fully saturated rings. The molecule has 6 nitrogen and oxygen atoms in total. The second kappa shape index (κ2) is 6.41. The van der Waals surface area contributed by atoms with Crippen LogP contribution in [0.3, 0.4) is 0 Å². The van der Waals surface area contributed by atoms with Gasteiger partial charge in [0.1, 0.15) is 11.5 Å². The van der Waals surface area contributed by atoms with Gasteiger partial charge in [-0.05, 0) is 42.8 Å². The fourth-order valence-electron chi connectivity index (χ4n) is 3.02. The number of benzene rings is 2. The molecule has 27 heavy (non-hydrogen) atoms. The number of halogens is 1. The third kappa shape index (κ3) is 3.11. The third-order valence-corrected chi connectivity index (χ3v) is 4.61. The van der Waals surface area contributed by atoms with Gasteiger partial charge in [-0.15, -0.1) is 0 Å². The van der Waals surface area contributed by atoms with Crippen molar-refractivity contribution in [3.8, 4) is 11.3 Å². The van der Waals surface area contributed by atoms with Crippen LogP contribution in [0.25, 0.3) is 23.0 Å². The number of nitrogens with one attached hydrogen (secondary N) is 1. The van der Waals surface area contributed by atoms with Gasteiger partial charge < -0.3 is 9.73 Å². The first-order valence-electron chi connectivity index (χ1n) is 8.10. The van der Waals surface area contributed by atoms with Crippen molar-refractivity contribution in [3.05, 3.63) is 80.6 Å². The monoisotopic (exact) mass is 380 g/mol. The summed E-state index contributed by atoms with van der Waals surface area (Å²) >= 11 is 5.96. The van der Waals surface area contributed by atoms with Gasteiger partial charge in [-0.3, -0.25) is 14.9 Å². The van der Waals surface area contributed by atoms with E-state index >= 15 is 0 Å². The van der Waals surface area contributed by atoms with Crippen molar-refractivity contribution in [2.75, 3.05) is 5.32 Å². The molecule has 0 saturated heterocycles. The lowest BCUT2D eigenvalue weighted by atomic mass is 10.1. The molecule has 2 heterocycles. The van der Waals surface area contributed by atoms with Gasteiger partial charge in [-0.25, -0.2) is 0 Å². The first-order valence-corrected chi connectivity index (χ1v) is 8.48. The molecule has 3 aromatic rings. The lowest BCUT2D eigenvalue weighted by molar-refractivity contribution is -0.384. The molecule has 7 heteroatoms. The summed E-state index contributed by atoms with van der Waals surface area (Å²) in [5, 5.41) is 14.3. The van der Waals surface area contributed by atoms with Gasteiger partial charge in [0.05, 0.1) is 16.2 Å². The Hall–Kier alpha value is -3.38. The molecule has 0 spiro atoms. The van der Waals surface area contributed by atoms with E-state index in [1.807, 2.05) is 6.92 Å². The van der Waals surface area contributed by atoms with Crippen LogP contribution in [0.4, 0.5) is 11.4 Å². The maximum Gasteiger partial charge on any atom is 0.270 e. The topological polar surface area (TPSA) is 85.4 Å². The first-order chi connectivity index (χ1) is 12.9. The lowest BCUT2D eigenvalue weighted by Crippen LogP contribution is -2.03. The number of anilines is 1. The molecule has 0 aliphatic carbocycles. The molecule has 4 rings (SSSR count). The van der Waals surface area contributed by atoms with Crippen molar-refractivity contribution in [1.82, 2.24) is 0 Å². The third-order valence-electron chi connectivity index (χ3n) is 4.38. The van der Waals surface area contributed by atoms with E-state index < -0.39 is 4.92 Å². The maximum absolute atomic E-state index is 12.3. The predicted octanol–water partition coefficient (Wildman–Crippen LogP) is 5.31. The van der Waals surface area contributed by atoms with Gasteiger partial charge in [0.2, 0.25) is 0 Å². The number of nitro groups is 1. The van der Waals surface area contributed by atoms with Crippen molar-refractivity contribution in [2.24, 2.45) is 0 Å². The van der Waals surface area contributed by atoms with Crippen LogP contribution >= 0.6 is 11.6 Å². The van der Waals surface area contributed by atoms with Crippen LogP contribution in [-0.4, -0.2) is 10.8 Å². The van der Waals surface area contributed by atoms with Crippen molar-refractivity contribution < 1.29 is 14.1 Å². The average Bonchev–Trinajstić information content (AvgIpc) is 3.20. The zero-order valence-electron chi connectivity index (χ0n) is 14.2. The minimum Gasteiger partial charge on any atom is -0.457 e. The van der Waals surface area contributed by atoms with E-state index in [1.54, 1.807) is 42.5 Å². The summed E-state index contributed by atoms with van der Waals surface area (Å²) in [4.78, 5) is 22.8. The zero-order chi connectivity index (χ0) is 19.1. The summed E-state index contributed by atoms with van der Waals surface area (Å²) in [6, 6.07) is 13.2. The van der Waals surface area contributed by atoms with E-state index in [1.165, 1.54) is 12.1 Å². The number of amides is 1. The van der Waals surface area contributed by atoms with E-state index in [0.29, 0.717) is 33.4 Å². The molecule has 0 bridgehead atoms. The number of non-ortho nitro benzene ring substituents is 1. The van der Waals surface area contributed by atoms with Crippen LogP contribution < -0.4 is 5.32 Å². The van der Waals surface area contributed by atoms with E-state index in [0.717, 1.165) is 11.1 Å². The molecule has 0 unspecified atom stereocenters. The second-order valence-electron chi connectivity index (χ2n) is 6.16. The molecule has 1 N–H and O–H groups in total. The summed E-state index contributed by atoms with van der Waals surface area (Å²) in [6.45, 7) is 1.85. The summed E-state index contributed by atoms with van der Waals surface area (Å²) in [5.41, 5.74) is 3.35. The Labute approximate surface area is 159 Å². The Morgan fingerprint density at radius 1 is 1.11 bits per heavy atom. The van der Waals surface area contributed by atoms with Gasteiger partial charge in [0.15, 0.2) is 0 Å². The van der Waals surface area contributed by atoms with Crippen LogP contribution in [0.1, 0.15) is 16.9 Å². The van der Waals surface area contributed by atoms with E-state index in [9.17, 15) is 14.9 Å². The Bertz CT molecular complexity index is 1130. The predicted molar refractivity (Wildman–Crippen MR) is 103 cm³/mol. The second-order valence-corrected chi connectivity index (χ2v) is 6.60. The fraction of sp³-hybridized carbons (Fsp3) is 0.0500. The molecule has 1 aliphatic heterocycles. The standard InChI is InChI=1S/C20H13ClN2O4/c1-11-2-4-13(23(25)26)9-16(11)19-7-5-14(27-19)10-17-15-6-3-12(21)8-18(15)22-20(17)24/h2-10H,1H3,(H,22,24)/b17-10+. The maximum atomic E-state index is 12.3. The van der Waals surface area contributed by atoms with E-state index in [-0.39, 0.29) is 11.6 Å². The number of carbonyl (C=O) groups is 1. The van der Waals surface area contributed by atoms with Gasteiger partial charge in [-0.1, -0.05) is 23.7 Å². The van der Waals surface area contributed by atoms with Gasteiger partial charge in [0, 0.05) is 28.3 Å². The molecule has 0 radical (unpaired) electrons. The van der Waals surface area contributed by atoms with Crippen LogP contribution in [-0.2, 0) is 4.79 Å². The Morgan fingerprint density at radius 2 is 1.93 bits per heavy atom. The van der Waals surface area contributed by atoms with Crippen molar-refractivity contribution >= 4 is 40.5 Å². The minimum absolute atomic E-state index is 0.00659. The molecule has 0 saturated carbocycles. The first kappa shape index (κ1) is 17.1. The minimum atomic E-state index is -0.445. The molecule has 2 aromatic carbocycles. The van der Waals surface area contributed by atoms with E-state index in [2.05, 4.69) is 5.32 Å². The van der Waals surface area contributed by atoms with Crippen LogP contribution in [0.15, 0.2) is 52.9 Å². The molecule has 0 atom stereocenters. The number of fused-ring (bicyclic) bond motifs is 1. The number of carbonyl (C=O) groups excluding carboxylic acids is 1. The molecular weight excluding hydrogens is 368 g/mol. The Morgan fingerprint density at radius 3 is 2.70 bits per heavy atom. The van der Waals surface area contributed by atoms with E-state index in [4.69, 9.17) is 16.0 Å². The number of hydrogen-bond donors (Lipinski definition) is 1. The van der Waals surface area contributed by atoms with Crippen LogP contribution in [0.5, 0.6) is 0 Å². The van der Waals surface area contributed by atoms with Crippen molar-refractivity contribution in [1.29, 1.82) is 0 Å². The zero-order valence-corrected chi connectivity index (χ0v) is 14.9. The smallest absolute Gasteiger partial charge is 0.270 e. The molecule has 1 aliphatic rings. The normalized spacial score (nSPS) is 14.3. The largest absolute Gasteiger partial charge is 0.457 e. The highest BCUT2D eigenvalue weighted by Crippen LogP contribution is 2.36. The highest BCUT2D eigenvalue weighted by atomic mass is 35.5. The molecular formula is C20H13ClN2O4. The molecule has 134 valence electrons. The average molecular weight is 381 g/mol. The Kier molecular flexibility index (Phi) is 4.05. The summed E-state index contributed by atoms with van der Waals surface area (Å²) in [6.07, 6.45) is 1.64. The van der Waals surface area contributed by atoms with Crippen molar-refractivity contribution in [3.63, 3.8) is 0 Å². The summed E-state index contributed by atoms with van der Waals surface area (Å²) in [7, 11) is 0. The van der Waals surface area contributed by atoms with Crippen LogP contribution in [0.2, 0.25) is 5.02 Å². The van der Waals surface area contributed by atoms with Crippen molar-refractivity contribution in [2.45, 2.75) is 6.92 Å². The number of hydrogen-bond acceptors (Lipinski definition) is 4. The quantitative estimate of drug-likeness (QED) is 0.379. The Balaban J connectivity index is 1.73. The summed E-state index contributed by atoms with van der Waals surface area (Å²) in [5.74, 6) is 0.735. The van der Waals surface area contributed by atoms with Gasteiger partial charge in [0.25, 0.3) is 11.6 Å². The molecule has 1 aromatic heterocycles. The highest BCUT2D eigenvalue weighted by molar-refractivity contribution is 6.36. The van der Waals surface area contributed by atoms with Crippen LogP contribution in [0, 0.1) is 17.0 Å². The number of aryl methyl sites for hydroxylation is 1. The SMILES string of the molecule is Cc1ccc([N+](=O)[O-])cc1-c1ccc(/C=C2/C(=O)Nc3cc(Cl)ccc32)o1. The highest BCUT2D eigenvalue weighted by Gasteiger charge is 2.24. The fourth-order valence-corrected chi connectivity index (χ4v) is 3.19. The number of rotatable bonds is 3. The lowest BCUT2D eigenvalue weighted by Gasteiger charge is -2.02. The van der Waals surface area contributed by atoms with Gasteiger partial charge >= 0.3 is 0 Å². The summed E-state index contributed by atoms with van der Waals surface area (Å²) < 4.78 is 5.83. The number of furan rings is 1.